The van der Waals surface area contributed by atoms with Crippen molar-refractivity contribution in [2.75, 3.05) is 11.9 Å². The lowest BCUT2D eigenvalue weighted by Crippen LogP contribution is -2.32. The van der Waals surface area contributed by atoms with Crippen LogP contribution in [0.1, 0.15) is 44.4 Å². The summed E-state index contributed by atoms with van der Waals surface area (Å²) in [5.41, 5.74) is 1.45. The number of hydrogen-bond acceptors (Lipinski definition) is 8. The van der Waals surface area contributed by atoms with Crippen LogP contribution in [0.15, 0.2) is 41.4 Å². The van der Waals surface area contributed by atoms with Gasteiger partial charge in [-0.25, -0.2) is 9.97 Å². The minimum absolute atomic E-state index is 0.0932. The predicted octanol–water partition coefficient (Wildman–Crippen LogP) is 4.89. The van der Waals surface area contributed by atoms with E-state index < -0.39 is 17.5 Å². The van der Waals surface area contributed by atoms with Crippen molar-refractivity contribution in [2.24, 2.45) is 0 Å². The van der Waals surface area contributed by atoms with E-state index in [0.717, 1.165) is 36.6 Å². The van der Waals surface area contributed by atoms with Crippen LogP contribution < -0.4 is 20.7 Å². The minimum atomic E-state index is -4.69. The van der Waals surface area contributed by atoms with Crippen LogP contribution in [0.5, 0.6) is 5.75 Å². The maximum Gasteiger partial charge on any atom is 0.573 e. The van der Waals surface area contributed by atoms with E-state index in [1.165, 1.54) is 12.1 Å². The van der Waals surface area contributed by atoms with E-state index in [2.05, 4.69) is 37.6 Å². The second kappa shape index (κ2) is 12.7. The number of halogens is 3. The molecule has 1 aliphatic rings. The Morgan fingerprint density at radius 1 is 1.17 bits per heavy atom. The Morgan fingerprint density at radius 3 is 2.56 bits per heavy atom. The number of nitrogens with zero attached hydrogens (tertiary/aromatic N) is 2. The first-order valence-corrected chi connectivity index (χ1v) is 12.4. The number of nitrogens with one attached hydrogen (secondary N) is 3. The minimum Gasteiger partial charge on any atom is -0.406 e. The van der Waals surface area contributed by atoms with E-state index in [9.17, 15) is 22.8 Å². The maximum absolute atomic E-state index is 12.3. The van der Waals surface area contributed by atoms with Crippen LogP contribution in [0.2, 0.25) is 0 Å². The summed E-state index contributed by atoms with van der Waals surface area (Å²) in [4.78, 5) is 32.0. The summed E-state index contributed by atoms with van der Waals surface area (Å²) in [7, 11) is 0. The Hall–Kier alpha value is -3.12. The average Bonchev–Trinajstić information content (AvgIpc) is 3.12. The molecule has 1 aliphatic heterocycles. The first kappa shape index (κ1) is 27.5. The van der Waals surface area contributed by atoms with Gasteiger partial charge in [0.15, 0.2) is 0 Å². The number of imide groups is 1. The molecule has 1 aromatic carbocycles. The summed E-state index contributed by atoms with van der Waals surface area (Å²) in [5.74, 6) is -0.223. The Kier molecular flexibility index (Phi) is 9.71. The summed E-state index contributed by atoms with van der Waals surface area (Å²) in [6.07, 6.45) is 1.84. The predicted molar refractivity (Wildman–Crippen MR) is 132 cm³/mol. The second-order valence-corrected chi connectivity index (χ2v) is 9.30. The monoisotopic (exact) mass is 523 g/mol. The van der Waals surface area contributed by atoms with E-state index in [4.69, 9.17) is 0 Å². The standard InChI is InChI=1S/C24H28F3N5O3S/c1-3-17(28-12-10-16-5-8-19(9-6-16)35-24(25,26)27)7-4-15(2)30-22-29-13-11-18(31-22)14-20-21(33)32-23(34)36-20/h5-6,8-9,11,13-15,17,28H,3-4,7,10,12H2,1-2H3,(H,29,30,31)(H,32,33,34)/b20-14-/t15-,17-/m1/s1. The van der Waals surface area contributed by atoms with Crippen molar-refractivity contribution in [2.45, 2.75) is 58.0 Å². The number of thioether (sulfide) groups is 1. The highest BCUT2D eigenvalue weighted by Crippen LogP contribution is 2.25. The van der Waals surface area contributed by atoms with E-state index in [1.54, 1.807) is 30.5 Å². The van der Waals surface area contributed by atoms with Gasteiger partial charge >= 0.3 is 6.36 Å². The quantitative estimate of drug-likeness (QED) is 0.338. The molecule has 8 nitrogen and oxygen atoms in total. The maximum atomic E-state index is 12.3. The number of rotatable bonds is 12. The van der Waals surface area contributed by atoms with Crippen LogP contribution in [-0.4, -0.2) is 46.1 Å². The molecule has 194 valence electrons. The van der Waals surface area contributed by atoms with Crippen LogP contribution in [0.3, 0.4) is 0 Å². The molecule has 0 unspecified atom stereocenters. The highest BCUT2D eigenvalue weighted by Gasteiger charge is 2.31. The number of ether oxygens (including phenoxy) is 1. The molecule has 3 N–H and O–H groups in total. The lowest BCUT2D eigenvalue weighted by atomic mass is 10.0. The van der Waals surface area contributed by atoms with Crippen molar-refractivity contribution in [1.82, 2.24) is 20.6 Å². The zero-order valence-corrected chi connectivity index (χ0v) is 20.7. The number of carbonyl (C=O) groups is 2. The smallest absolute Gasteiger partial charge is 0.406 e. The summed E-state index contributed by atoms with van der Waals surface area (Å²) >= 11 is 0.837. The number of alkyl halides is 3. The van der Waals surface area contributed by atoms with E-state index in [0.29, 0.717) is 29.5 Å². The SMILES string of the molecule is CC[C@H](CC[C@@H](C)Nc1nccc(/C=C2\SC(=O)NC2=O)n1)NCCc1ccc(OC(F)(F)F)cc1. The molecule has 0 aliphatic carbocycles. The van der Waals surface area contributed by atoms with Crippen molar-refractivity contribution in [3.63, 3.8) is 0 Å². The molecule has 1 fully saturated rings. The Balaban J connectivity index is 1.42. The Bertz CT molecular complexity index is 1080. The van der Waals surface area contributed by atoms with Gasteiger partial charge in [-0.1, -0.05) is 19.1 Å². The van der Waals surface area contributed by atoms with Crippen molar-refractivity contribution in [3.8, 4) is 5.75 Å². The molecular formula is C24H28F3N5O3S. The van der Waals surface area contributed by atoms with Gasteiger partial charge in [0.1, 0.15) is 5.75 Å². The molecule has 2 atom stereocenters. The number of amides is 2. The molecule has 36 heavy (non-hydrogen) atoms. The van der Waals surface area contributed by atoms with Gasteiger partial charge in [0, 0.05) is 18.3 Å². The topological polar surface area (TPSA) is 105 Å². The van der Waals surface area contributed by atoms with Gasteiger partial charge in [0.2, 0.25) is 5.95 Å². The van der Waals surface area contributed by atoms with Crippen molar-refractivity contribution in [3.05, 3.63) is 52.7 Å². The fourth-order valence-corrected chi connectivity index (χ4v) is 4.22. The lowest BCUT2D eigenvalue weighted by molar-refractivity contribution is -0.274. The Labute approximate surface area is 211 Å². The summed E-state index contributed by atoms with van der Waals surface area (Å²) in [6.45, 7) is 4.83. The van der Waals surface area contributed by atoms with Gasteiger partial charge in [-0.2, -0.15) is 0 Å². The van der Waals surface area contributed by atoms with Crippen LogP contribution >= 0.6 is 11.8 Å². The molecule has 12 heteroatoms. The second-order valence-electron chi connectivity index (χ2n) is 8.28. The number of anilines is 1. The first-order valence-electron chi connectivity index (χ1n) is 11.5. The van der Waals surface area contributed by atoms with Crippen molar-refractivity contribution >= 4 is 34.9 Å². The number of hydrogen-bond donors (Lipinski definition) is 3. The molecule has 2 aromatic rings. The van der Waals surface area contributed by atoms with Gasteiger partial charge in [-0.3, -0.25) is 14.9 Å². The number of aromatic nitrogens is 2. The molecule has 2 amide bonds. The van der Waals surface area contributed by atoms with E-state index in [1.807, 2.05) is 6.92 Å². The molecule has 0 radical (unpaired) electrons. The highest BCUT2D eigenvalue weighted by molar-refractivity contribution is 8.18. The third-order valence-corrected chi connectivity index (χ3v) is 6.23. The molecule has 0 bridgehead atoms. The molecule has 1 aromatic heterocycles. The number of benzene rings is 1. The van der Waals surface area contributed by atoms with Gasteiger partial charge in [-0.05, 0) is 80.8 Å². The zero-order valence-electron chi connectivity index (χ0n) is 19.9. The summed E-state index contributed by atoms with van der Waals surface area (Å²) in [6, 6.07) is 7.95. The summed E-state index contributed by atoms with van der Waals surface area (Å²) < 4.78 is 40.7. The average molecular weight is 524 g/mol. The van der Waals surface area contributed by atoms with Gasteiger partial charge < -0.3 is 15.4 Å². The van der Waals surface area contributed by atoms with Crippen LogP contribution in [0.4, 0.5) is 23.9 Å². The van der Waals surface area contributed by atoms with E-state index >= 15 is 0 Å². The third-order valence-electron chi connectivity index (χ3n) is 5.42. The highest BCUT2D eigenvalue weighted by atomic mass is 32.2. The van der Waals surface area contributed by atoms with Gasteiger partial charge in [0.05, 0.1) is 10.6 Å². The molecule has 2 heterocycles. The fraction of sp³-hybridized carbons (Fsp3) is 0.417. The van der Waals surface area contributed by atoms with Gasteiger partial charge in [-0.15, -0.1) is 13.2 Å². The first-order chi connectivity index (χ1) is 17.1. The molecular weight excluding hydrogens is 495 g/mol. The molecule has 0 spiro atoms. The molecule has 3 rings (SSSR count). The zero-order chi connectivity index (χ0) is 26.1. The molecule has 1 saturated heterocycles. The Morgan fingerprint density at radius 2 is 1.92 bits per heavy atom. The lowest BCUT2D eigenvalue weighted by Gasteiger charge is -2.20. The van der Waals surface area contributed by atoms with Crippen LogP contribution in [0.25, 0.3) is 6.08 Å². The van der Waals surface area contributed by atoms with Crippen LogP contribution in [0, 0.1) is 0 Å². The molecule has 0 saturated carbocycles. The normalized spacial score (nSPS) is 16.6. The fourth-order valence-electron chi connectivity index (χ4n) is 3.55. The largest absolute Gasteiger partial charge is 0.573 e. The summed E-state index contributed by atoms with van der Waals surface area (Å²) in [5, 5.41) is 8.57. The van der Waals surface area contributed by atoms with Gasteiger partial charge in [0.25, 0.3) is 11.1 Å². The van der Waals surface area contributed by atoms with Crippen molar-refractivity contribution in [1.29, 1.82) is 0 Å². The number of carbonyl (C=O) groups excluding carboxylic acids is 2. The van der Waals surface area contributed by atoms with Crippen molar-refractivity contribution < 1.29 is 27.5 Å². The van der Waals surface area contributed by atoms with Crippen LogP contribution in [-0.2, 0) is 11.2 Å². The third kappa shape index (κ3) is 9.15. The van der Waals surface area contributed by atoms with E-state index in [-0.39, 0.29) is 17.8 Å².